The van der Waals surface area contributed by atoms with E-state index in [0.29, 0.717) is 17.9 Å². The van der Waals surface area contributed by atoms with Gasteiger partial charge in [0.15, 0.2) is 0 Å². The van der Waals surface area contributed by atoms with E-state index in [0.717, 1.165) is 51.4 Å². The second-order valence-electron chi connectivity index (χ2n) is 13.8. The van der Waals surface area contributed by atoms with Crippen molar-refractivity contribution < 1.29 is 0 Å². The molecule has 5 aliphatic carbocycles. The monoisotopic (exact) mass is 598 g/mol. The number of hydrogen-bond acceptors (Lipinski definition) is 1. The van der Waals surface area contributed by atoms with Crippen LogP contribution in [-0.2, 0) is 12.8 Å². The number of aromatic nitrogens is 1. The van der Waals surface area contributed by atoms with Crippen LogP contribution in [0.1, 0.15) is 85.0 Å². The number of para-hydroxylation sites is 1. The van der Waals surface area contributed by atoms with Crippen molar-refractivity contribution in [3.8, 4) is 0 Å². The smallest absolute Gasteiger partial charge is 0.0569 e. The van der Waals surface area contributed by atoms with Crippen LogP contribution in [0, 0.1) is 5.92 Å². The average Bonchev–Trinajstić information content (AvgIpc) is 3.46. The fourth-order valence-corrected chi connectivity index (χ4v) is 8.90. The molecule has 2 heterocycles. The highest BCUT2D eigenvalue weighted by molar-refractivity contribution is 5.88. The Kier molecular flexibility index (Phi) is 6.84. The number of hydrogen-bond donors (Lipinski definition) is 0. The van der Waals surface area contributed by atoms with Gasteiger partial charge in [0.05, 0.1) is 5.69 Å². The van der Waals surface area contributed by atoms with Crippen LogP contribution < -0.4 is 4.90 Å². The molecule has 0 amide bonds. The lowest BCUT2D eigenvalue weighted by Crippen LogP contribution is -2.32. The van der Waals surface area contributed by atoms with E-state index in [1.54, 1.807) is 11.1 Å². The predicted octanol–water partition coefficient (Wildman–Crippen LogP) is 11.1. The van der Waals surface area contributed by atoms with E-state index < -0.39 is 0 Å². The summed E-state index contributed by atoms with van der Waals surface area (Å²) in [6.07, 6.45) is 37.3. The highest BCUT2D eigenvalue weighted by Gasteiger charge is 2.41. The fourth-order valence-electron chi connectivity index (χ4n) is 8.90. The zero-order valence-electron chi connectivity index (χ0n) is 26.8. The van der Waals surface area contributed by atoms with Crippen molar-refractivity contribution in [3.05, 3.63) is 155 Å². The molecule has 2 aromatic carbocycles. The summed E-state index contributed by atoms with van der Waals surface area (Å²) in [6.45, 7) is 2.35. The van der Waals surface area contributed by atoms with Crippen LogP contribution in [0.15, 0.2) is 121 Å². The Morgan fingerprint density at radius 1 is 0.783 bits per heavy atom. The normalized spacial score (nSPS) is 24.3. The van der Waals surface area contributed by atoms with Gasteiger partial charge in [0.25, 0.3) is 0 Å². The third kappa shape index (κ3) is 4.53. The molecular weight excluding hydrogens is 556 g/mol. The first-order valence-electron chi connectivity index (χ1n) is 17.5. The highest BCUT2D eigenvalue weighted by Crippen LogP contribution is 2.52. The number of allylic oxidation sites excluding steroid dienone is 14. The molecule has 0 saturated heterocycles. The van der Waals surface area contributed by atoms with Crippen LogP contribution in [0.3, 0.4) is 0 Å². The SMILES string of the molecule is CC1C=C(n2c3c(c4c2C(C2=CC5c6ccccc6N(c6ccc(C7=CCC=CC=C7)cc6)C5CC2)=CCC4)C=CCC3)C=CC1. The maximum atomic E-state index is 2.67. The summed E-state index contributed by atoms with van der Waals surface area (Å²) in [5, 5.41) is 0. The molecule has 46 heavy (non-hydrogen) atoms. The molecule has 3 atom stereocenters. The lowest BCUT2D eigenvalue weighted by molar-refractivity contribution is 0.557. The Hall–Kier alpha value is -4.56. The Labute approximate surface area is 273 Å². The second kappa shape index (κ2) is 11.4. The molecular formula is C44H42N2. The molecule has 1 aromatic heterocycles. The van der Waals surface area contributed by atoms with Crippen molar-refractivity contribution in [3.63, 3.8) is 0 Å². The molecule has 228 valence electrons. The van der Waals surface area contributed by atoms with Crippen LogP contribution >= 0.6 is 0 Å². The molecule has 0 saturated carbocycles. The van der Waals surface area contributed by atoms with E-state index >= 15 is 0 Å². The van der Waals surface area contributed by atoms with E-state index in [1.165, 1.54) is 56.3 Å². The Bertz CT molecular complexity index is 1960. The Morgan fingerprint density at radius 3 is 2.61 bits per heavy atom. The van der Waals surface area contributed by atoms with Crippen LogP contribution in [-0.4, -0.2) is 10.6 Å². The summed E-state index contributed by atoms with van der Waals surface area (Å²) in [6, 6.07) is 18.9. The topological polar surface area (TPSA) is 8.17 Å². The van der Waals surface area contributed by atoms with Crippen LogP contribution in [0.4, 0.5) is 11.4 Å². The van der Waals surface area contributed by atoms with Gasteiger partial charge < -0.3 is 9.47 Å². The van der Waals surface area contributed by atoms with E-state index in [-0.39, 0.29) is 0 Å². The zero-order valence-corrected chi connectivity index (χ0v) is 26.8. The third-order valence-electron chi connectivity index (χ3n) is 11.0. The molecule has 3 aromatic rings. The van der Waals surface area contributed by atoms with E-state index in [2.05, 4.69) is 138 Å². The van der Waals surface area contributed by atoms with Gasteiger partial charge in [-0.15, -0.1) is 0 Å². The van der Waals surface area contributed by atoms with Crippen molar-refractivity contribution in [2.45, 2.75) is 70.3 Å². The van der Waals surface area contributed by atoms with Gasteiger partial charge in [0, 0.05) is 34.7 Å². The van der Waals surface area contributed by atoms with Crippen molar-refractivity contribution >= 4 is 34.3 Å². The molecule has 0 radical (unpaired) electrons. The summed E-state index contributed by atoms with van der Waals surface area (Å²) >= 11 is 0. The maximum absolute atomic E-state index is 2.67. The minimum Gasteiger partial charge on any atom is -0.337 e. The number of anilines is 2. The molecule has 0 N–H and O–H groups in total. The quantitative estimate of drug-likeness (QED) is 0.290. The Morgan fingerprint density at radius 2 is 1.70 bits per heavy atom. The number of fused-ring (bicyclic) bond motifs is 6. The maximum Gasteiger partial charge on any atom is 0.0569 e. The predicted molar refractivity (Wildman–Crippen MR) is 195 cm³/mol. The summed E-state index contributed by atoms with van der Waals surface area (Å²) in [4.78, 5) is 2.64. The first kappa shape index (κ1) is 27.7. The molecule has 0 fully saturated rings. The fraction of sp³-hybridized carbons (Fsp3) is 0.273. The van der Waals surface area contributed by atoms with Gasteiger partial charge in [-0.25, -0.2) is 0 Å². The van der Waals surface area contributed by atoms with Gasteiger partial charge >= 0.3 is 0 Å². The van der Waals surface area contributed by atoms with E-state index in [9.17, 15) is 0 Å². The average molecular weight is 599 g/mol. The third-order valence-corrected chi connectivity index (χ3v) is 11.0. The summed E-state index contributed by atoms with van der Waals surface area (Å²) in [7, 11) is 0. The lowest BCUT2D eigenvalue weighted by atomic mass is 9.79. The van der Waals surface area contributed by atoms with Gasteiger partial charge in [-0.3, -0.25) is 0 Å². The molecule has 3 unspecified atom stereocenters. The summed E-state index contributed by atoms with van der Waals surface area (Å²) in [5.41, 5.74) is 17.2. The highest BCUT2D eigenvalue weighted by atomic mass is 15.2. The Balaban J connectivity index is 1.10. The number of rotatable bonds is 4. The summed E-state index contributed by atoms with van der Waals surface area (Å²) < 4.78 is 2.67. The molecule has 0 spiro atoms. The minimum absolute atomic E-state index is 0.385. The first-order chi connectivity index (χ1) is 22.7. The molecule has 0 bridgehead atoms. The van der Waals surface area contributed by atoms with Gasteiger partial charge in [-0.1, -0.05) is 104 Å². The standard InChI is InChI=1S/C44H42N2/c1-30-12-10-15-35(28-30)46-42-21-9-6-16-37(42)39-19-11-18-36(44(39)46)33-24-27-43-40(29-33)38-17-7-8-20-41(38)45(43)34-25-22-32(23-26-34)31-13-4-2-3-5-14-31/h2-4,6-8,10,13-18,20,22-23,25-26,28-30,40,43H,5,9,11-12,19,21,24,27H2,1H3. The van der Waals surface area contributed by atoms with Crippen LogP contribution in [0.25, 0.3) is 22.9 Å². The van der Waals surface area contributed by atoms with Crippen molar-refractivity contribution in [2.75, 3.05) is 4.90 Å². The van der Waals surface area contributed by atoms with Crippen LogP contribution in [0.5, 0.6) is 0 Å². The molecule has 1 aliphatic heterocycles. The van der Waals surface area contributed by atoms with Gasteiger partial charge in [-0.2, -0.15) is 0 Å². The van der Waals surface area contributed by atoms with Gasteiger partial charge in [0.2, 0.25) is 0 Å². The zero-order chi connectivity index (χ0) is 30.6. The van der Waals surface area contributed by atoms with E-state index in [1.807, 2.05) is 0 Å². The van der Waals surface area contributed by atoms with E-state index in [4.69, 9.17) is 0 Å². The van der Waals surface area contributed by atoms with Crippen molar-refractivity contribution in [2.24, 2.45) is 5.92 Å². The van der Waals surface area contributed by atoms with Crippen molar-refractivity contribution in [1.82, 2.24) is 4.57 Å². The van der Waals surface area contributed by atoms with Gasteiger partial charge in [-0.05, 0) is 121 Å². The summed E-state index contributed by atoms with van der Waals surface area (Å²) in [5.74, 6) is 0.960. The number of benzene rings is 2. The first-order valence-corrected chi connectivity index (χ1v) is 17.5. The number of nitrogens with zero attached hydrogens (tertiary/aromatic N) is 2. The molecule has 2 heteroatoms. The van der Waals surface area contributed by atoms with Crippen LogP contribution in [0.2, 0.25) is 0 Å². The van der Waals surface area contributed by atoms with Crippen molar-refractivity contribution in [1.29, 1.82) is 0 Å². The molecule has 9 rings (SSSR count). The molecule has 2 nitrogen and oxygen atoms in total. The molecule has 6 aliphatic rings. The second-order valence-corrected chi connectivity index (χ2v) is 13.8. The van der Waals surface area contributed by atoms with Gasteiger partial charge in [0.1, 0.15) is 0 Å². The lowest BCUT2D eigenvalue weighted by Gasteiger charge is -2.34. The minimum atomic E-state index is 0.385. The largest absolute Gasteiger partial charge is 0.337 e.